The van der Waals surface area contributed by atoms with Crippen LogP contribution in [0, 0.1) is 11.8 Å². The second-order valence-corrected chi connectivity index (χ2v) is 7.39. The van der Waals surface area contributed by atoms with Crippen molar-refractivity contribution in [2.45, 2.75) is 40.0 Å². The molecule has 0 spiro atoms. The van der Waals surface area contributed by atoms with Gasteiger partial charge in [-0.25, -0.2) is 0 Å². The van der Waals surface area contributed by atoms with Gasteiger partial charge in [-0.15, -0.1) is 0 Å². The molecule has 0 aromatic heterocycles. The second kappa shape index (κ2) is 10.00. The lowest BCUT2D eigenvalue weighted by atomic mass is 9.87. The molecule has 1 amide bonds. The fourth-order valence-corrected chi connectivity index (χ4v) is 4.26. The molecule has 2 heterocycles. The number of amides is 1. The molecule has 2 fully saturated rings. The monoisotopic (exact) mass is 351 g/mol. The molecule has 0 aromatic carbocycles. The third kappa shape index (κ3) is 5.59. The zero-order valence-corrected chi connectivity index (χ0v) is 16.6. The van der Waals surface area contributed by atoms with Gasteiger partial charge >= 0.3 is 0 Å². The Bertz CT molecular complexity index is 441. The number of piperazine rings is 1. The van der Waals surface area contributed by atoms with Crippen molar-refractivity contribution in [3.05, 3.63) is 0 Å². The molecule has 2 rings (SSSR count). The van der Waals surface area contributed by atoms with E-state index in [1.807, 2.05) is 11.9 Å². The first-order valence-electron chi connectivity index (χ1n) is 10.0. The van der Waals surface area contributed by atoms with Crippen molar-refractivity contribution in [1.29, 1.82) is 0 Å². The summed E-state index contributed by atoms with van der Waals surface area (Å²) in [6, 6.07) is 0. The van der Waals surface area contributed by atoms with Gasteiger partial charge in [-0.1, -0.05) is 26.7 Å². The number of hydrogen-bond acceptors (Lipinski definition) is 3. The summed E-state index contributed by atoms with van der Waals surface area (Å²) in [5.41, 5.74) is 0. The summed E-state index contributed by atoms with van der Waals surface area (Å²) in [6.07, 6.45) is 3.86. The van der Waals surface area contributed by atoms with Crippen molar-refractivity contribution in [2.24, 2.45) is 16.8 Å². The Balaban J connectivity index is 1.70. The van der Waals surface area contributed by atoms with Crippen LogP contribution in [0.5, 0.6) is 0 Å². The van der Waals surface area contributed by atoms with Gasteiger partial charge in [-0.2, -0.15) is 0 Å². The van der Waals surface area contributed by atoms with Crippen molar-refractivity contribution >= 4 is 11.9 Å². The van der Waals surface area contributed by atoms with E-state index in [0.717, 1.165) is 70.2 Å². The van der Waals surface area contributed by atoms with Gasteiger partial charge < -0.3 is 15.1 Å². The van der Waals surface area contributed by atoms with E-state index in [1.54, 1.807) is 6.92 Å². The first-order valence-corrected chi connectivity index (χ1v) is 10.0. The van der Waals surface area contributed by atoms with Gasteiger partial charge in [0.2, 0.25) is 5.91 Å². The number of carbonyl (C=O) groups is 1. The van der Waals surface area contributed by atoms with Crippen molar-refractivity contribution in [2.75, 3.05) is 59.4 Å². The minimum absolute atomic E-state index is 0.194. The third-order valence-corrected chi connectivity index (χ3v) is 5.98. The van der Waals surface area contributed by atoms with Crippen LogP contribution in [0.25, 0.3) is 0 Å². The van der Waals surface area contributed by atoms with Gasteiger partial charge in [0.15, 0.2) is 5.96 Å². The maximum atomic E-state index is 11.4. The molecule has 2 saturated heterocycles. The molecule has 1 N–H and O–H groups in total. The summed E-state index contributed by atoms with van der Waals surface area (Å²) in [5, 5.41) is 3.54. The first-order chi connectivity index (χ1) is 12.1. The van der Waals surface area contributed by atoms with E-state index in [9.17, 15) is 4.79 Å². The van der Waals surface area contributed by atoms with Crippen LogP contribution in [0.2, 0.25) is 0 Å². The van der Waals surface area contributed by atoms with E-state index in [2.05, 4.69) is 34.0 Å². The first kappa shape index (κ1) is 20.0. The Labute approximate surface area is 153 Å². The molecular formula is C19H37N5O. The molecule has 6 heteroatoms. The van der Waals surface area contributed by atoms with E-state index in [4.69, 9.17) is 0 Å². The Morgan fingerprint density at radius 2 is 1.80 bits per heavy atom. The van der Waals surface area contributed by atoms with E-state index in [1.165, 1.54) is 19.3 Å². The average molecular weight is 352 g/mol. The maximum absolute atomic E-state index is 11.4. The summed E-state index contributed by atoms with van der Waals surface area (Å²) in [6.45, 7) is 14.1. The fraction of sp³-hybridized carbons (Fsp3) is 0.895. The van der Waals surface area contributed by atoms with Crippen molar-refractivity contribution in [3.63, 3.8) is 0 Å². The van der Waals surface area contributed by atoms with Gasteiger partial charge in [0.1, 0.15) is 0 Å². The van der Waals surface area contributed by atoms with Crippen LogP contribution in [0.3, 0.4) is 0 Å². The van der Waals surface area contributed by atoms with E-state index in [0.29, 0.717) is 0 Å². The van der Waals surface area contributed by atoms with Gasteiger partial charge in [-0.3, -0.25) is 14.7 Å². The van der Waals surface area contributed by atoms with E-state index >= 15 is 0 Å². The molecule has 144 valence electrons. The smallest absolute Gasteiger partial charge is 0.219 e. The van der Waals surface area contributed by atoms with Gasteiger partial charge in [-0.05, 0) is 18.3 Å². The Morgan fingerprint density at radius 3 is 2.36 bits per heavy atom. The summed E-state index contributed by atoms with van der Waals surface area (Å²) in [7, 11) is 1.89. The SMILES string of the molecule is CCC(CC)C1CCN(C(=NC)NCCN2CCN(C(C)=O)CC2)C1. The molecule has 6 nitrogen and oxygen atoms in total. The van der Waals surface area contributed by atoms with Crippen LogP contribution in [0.15, 0.2) is 4.99 Å². The highest BCUT2D eigenvalue weighted by Crippen LogP contribution is 2.28. The van der Waals surface area contributed by atoms with Gasteiger partial charge in [0.25, 0.3) is 0 Å². The standard InChI is InChI=1S/C19H37N5O/c1-5-17(6-2)18-7-9-24(15-18)19(20-4)21-8-10-22-11-13-23(14-12-22)16(3)25/h17-18H,5-15H2,1-4H3,(H,20,21). The van der Waals surface area contributed by atoms with E-state index < -0.39 is 0 Å². The normalized spacial score (nSPS) is 22.8. The lowest BCUT2D eigenvalue weighted by Gasteiger charge is -2.34. The number of carbonyl (C=O) groups excluding carboxylic acids is 1. The number of nitrogens with zero attached hydrogens (tertiary/aromatic N) is 4. The minimum atomic E-state index is 0.194. The molecule has 0 aliphatic carbocycles. The molecule has 0 saturated carbocycles. The predicted molar refractivity (Wildman–Crippen MR) is 104 cm³/mol. The van der Waals surface area contributed by atoms with Gasteiger partial charge in [0.05, 0.1) is 0 Å². The largest absolute Gasteiger partial charge is 0.355 e. The van der Waals surface area contributed by atoms with Gasteiger partial charge in [0, 0.05) is 66.3 Å². The van der Waals surface area contributed by atoms with Crippen molar-refractivity contribution < 1.29 is 4.79 Å². The number of aliphatic imine (C=N–C) groups is 1. The van der Waals surface area contributed by atoms with Crippen molar-refractivity contribution in [1.82, 2.24) is 20.0 Å². The van der Waals surface area contributed by atoms with Crippen LogP contribution in [0.4, 0.5) is 0 Å². The number of rotatable bonds is 6. The van der Waals surface area contributed by atoms with Crippen molar-refractivity contribution in [3.8, 4) is 0 Å². The average Bonchev–Trinajstić information content (AvgIpc) is 3.10. The molecular weight excluding hydrogens is 314 g/mol. The second-order valence-electron chi connectivity index (χ2n) is 7.39. The maximum Gasteiger partial charge on any atom is 0.219 e. The van der Waals surface area contributed by atoms with Crippen LogP contribution >= 0.6 is 0 Å². The Kier molecular flexibility index (Phi) is 8.00. The fourth-order valence-electron chi connectivity index (χ4n) is 4.26. The van der Waals surface area contributed by atoms with Crippen LogP contribution in [-0.2, 0) is 4.79 Å². The quantitative estimate of drug-likeness (QED) is 0.582. The molecule has 0 bridgehead atoms. The third-order valence-electron chi connectivity index (χ3n) is 5.98. The zero-order valence-electron chi connectivity index (χ0n) is 16.6. The zero-order chi connectivity index (χ0) is 18.2. The van der Waals surface area contributed by atoms with Crippen LogP contribution in [0.1, 0.15) is 40.0 Å². The molecule has 0 aromatic rings. The summed E-state index contributed by atoms with van der Waals surface area (Å²) >= 11 is 0. The lowest BCUT2D eigenvalue weighted by molar-refractivity contribution is -0.130. The number of hydrogen-bond donors (Lipinski definition) is 1. The highest BCUT2D eigenvalue weighted by Gasteiger charge is 2.29. The highest BCUT2D eigenvalue weighted by molar-refractivity contribution is 5.80. The van der Waals surface area contributed by atoms with Crippen LogP contribution < -0.4 is 5.32 Å². The van der Waals surface area contributed by atoms with Crippen LogP contribution in [-0.4, -0.2) is 86.0 Å². The summed E-state index contributed by atoms with van der Waals surface area (Å²) in [5.74, 6) is 2.91. The predicted octanol–water partition coefficient (Wildman–Crippen LogP) is 1.48. The minimum Gasteiger partial charge on any atom is -0.355 e. The molecule has 2 aliphatic rings. The van der Waals surface area contributed by atoms with E-state index in [-0.39, 0.29) is 5.91 Å². The number of likely N-dealkylation sites (tertiary alicyclic amines) is 1. The summed E-state index contributed by atoms with van der Waals surface area (Å²) < 4.78 is 0. The Morgan fingerprint density at radius 1 is 1.12 bits per heavy atom. The molecule has 0 radical (unpaired) electrons. The summed E-state index contributed by atoms with van der Waals surface area (Å²) in [4.78, 5) is 22.7. The molecule has 25 heavy (non-hydrogen) atoms. The topological polar surface area (TPSA) is 51.2 Å². The molecule has 2 aliphatic heterocycles. The lowest BCUT2D eigenvalue weighted by Crippen LogP contribution is -2.50. The highest BCUT2D eigenvalue weighted by atomic mass is 16.2. The number of nitrogens with one attached hydrogen (secondary N) is 1. The number of guanidine groups is 1. The molecule has 1 unspecified atom stereocenters. The molecule has 1 atom stereocenters. The Hall–Kier alpha value is -1.30.